The second kappa shape index (κ2) is 6.99. The topological polar surface area (TPSA) is 94.4 Å². The first-order valence-corrected chi connectivity index (χ1v) is 7.05. The minimum Gasteiger partial charge on any atom is -0.461 e. The molecule has 0 atom stereocenters. The van der Waals surface area contributed by atoms with E-state index in [0.29, 0.717) is 10.3 Å². The number of benzene rings is 1. The lowest BCUT2D eigenvalue weighted by molar-refractivity contribution is -0.384. The molecule has 0 aliphatic heterocycles. The number of ether oxygens (including phenoxy) is 1. The Morgan fingerprint density at radius 3 is 2.86 bits per heavy atom. The van der Waals surface area contributed by atoms with Crippen LogP contribution in [0.4, 0.5) is 17.2 Å². The molecule has 2 aromatic rings. The maximum Gasteiger partial charge on any atom is 0.311 e. The predicted octanol–water partition coefficient (Wildman–Crippen LogP) is 3.56. The van der Waals surface area contributed by atoms with Crippen LogP contribution in [0.5, 0.6) is 0 Å². The van der Waals surface area contributed by atoms with E-state index in [1.165, 1.54) is 19.1 Å². The largest absolute Gasteiger partial charge is 0.461 e. The van der Waals surface area contributed by atoms with E-state index in [-0.39, 0.29) is 24.1 Å². The summed E-state index contributed by atoms with van der Waals surface area (Å²) in [5.74, 6) is -0.244. The van der Waals surface area contributed by atoms with E-state index >= 15 is 0 Å². The van der Waals surface area contributed by atoms with Crippen LogP contribution in [0, 0.1) is 10.1 Å². The SMILES string of the molecule is CC(=O)OCc1cccc(Nc2nc(Br)ccc2[N+](=O)[O-])c1. The average molecular weight is 366 g/mol. The molecule has 0 aliphatic rings. The summed E-state index contributed by atoms with van der Waals surface area (Å²) in [5.41, 5.74) is 1.24. The number of nitrogens with zero attached hydrogens (tertiary/aromatic N) is 2. The maximum absolute atomic E-state index is 11.0. The molecule has 0 spiro atoms. The van der Waals surface area contributed by atoms with Crippen molar-refractivity contribution in [1.82, 2.24) is 4.98 Å². The highest BCUT2D eigenvalue weighted by Gasteiger charge is 2.15. The summed E-state index contributed by atoms with van der Waals surface area (Å²) in [4.78, 5) is 25.4. The Morgan fingerprint density at radius 2 is 2.18 bits per heavy atom. The molecule has 114 valence electrons. The number of hydrogen-bond donors (Lipinski definition) is 1. The van der Waals surface area contributed by atoms with Gasteiger partial charge in [0.05, 0.1) is 4.92 Å². The Bertz CT molecular complexity index is 721. The fourth-order valence-electron chi connectivity index (χ4n) is 1.73. The Morgan fingerprint density at radius 1 is 1.41 bits per heavy atom. The average Bonchev–Trinajstić information content (AvgIpc) is 2.45. The highest BCUT2D eigenvalue weighted by molar-refractivity contribution is 9.10. The molecule has 0 saturated heterocycles. The number of hydrogen-bond acceptors (Lipinski definition) is 6. The fourth-order valence-corrected chi connectivity index (χ4v) is 2.04. The van der Waals surface area contributed by atoms with Gasteiger partial charge in [-0.1, -0.05) is 12.1 Å². The molecule has 1 aromatic carbocycles. The molecule has 2 rings (SSSR count). The third-order valence-electron chi connectivity index (χ3n) is 2.67. The van der Waals surface area contributed by atoms with Crippen molar-refractivity contribution in [2.75, 3.05) is 5.32 Å². The van der Waals surface area contributed by atoms with Crippen molar-refractivity contribution in [1.29, 1.82) is 0 Å². The Kier molecular flexibility index (Phi) is 5.05. The number of esters is 1. The molecule has 0 saturated carbocycles. The Balaban J connectivity index is 2.24. The van der Waals surface area contributed by atoms with Crippen LogP contribution in [0.15, 0.2) is 41.0 Å². The number of halogens is 1. The van der Waals surface area contributed by atoms with Crippen molar-refractivity contribution >= 4 is 39.1 Å². The number of carbonyl (C=O) groups is 1. The summed E-state index contributed by atoms with van der Waals surface area (Å²) in [7, 11) is 0. The lowest BCUT2D eigenvalue weighted by atomic mass is 10.2. The van der Waals surface area contributed by atoms with Gasteiger partial charge in [0, 0.05) is 18.7 Å². The van der Waals surface area contributed by atoms with Crippen molar-refractivity contribution < 1.29 is 14.5 Å². The molecule has 22 heavy (non-hydrogen) atoms. The smallest absolute Gasteiger partial charge is 0.311 e. The monoisotopic (exact) mass is 365 g/mol. The van der Waals surface area contributed by atoms with Gasteiger partial charge in [0.2, 0.25) is 5.82 Å². The maximum atomic E-state index is 11.0. The van der Waals surface area contributed by atoms with Crippen LogP contribution in [-0.4, -0.2) is 15.9 Å². The van der Waals surface area contributed by atoms with Gasteiger partial charge in [0.25, 0.3) is 0 Å². The van der Waals surface area contributed by atoms with Gasteiger partial charge in [-0.2, -0.15) is 0 Å². The molecule has 0 aliphatic carbocycles. The van der Waals surface area contributed by atoms with Gasteiger partial charge >= 0.3 is 11.7 Å². The van der Waals surface area contributed by atoms with Crippen molar-refractivity contribution in [2.24, 2.45) is 0 Å². The van der Waals surface area contributed by atoms with E-state index < -0.39 is 4.92 Å². The van der Waals surface area contributed by atoms with Crippen LogP contribution in [-0.2, 0) is 16.1 Å². The van der Waals surface area contributed by atoms with E-state index in [4.69, 9.17) is 4.74 Å². The summed E-state index contributed by atoms with van der Waals surface area (Å²) in [6, 6.07) is 9.88. The molecule has 0 unspecified atom stereocenters. The van der Waals surface area contributed by atoms with Crippen molar-refractivity contribution in [3.05, 3.63) is 56.7 Å². The lowest BCUT2D eigenvalue weighted by Crippen LogP contribution is -2.01. The third kappa shape index (κ3) is 4.26. The number of pyridine rings is 1. The quantitative estimate of drug-likeness (QED) is 0.376. The van der Waals surface area contributed by atoms with Crippen LogP contribution in [0.1, 0.15) is 12.5 Å². The number of anilines is 2. The van der Waals surface area contributed by atoms with E-state index in [9.17, 15) is 14.9 Å². The minimum atomic E-state index is -0.509. The van der Waals surface area contributed by atoms with Crippen LogP contribution >= 0.6 is 15.9 Å². The fraction of sp³-hybridized carbons (Fsp3) is 0.143. The summed E-state index contributed by atoms with van der Waals surface area (Å²) in [5, 5.41) is 13.9. The zero-order valence-corrected chi connectivity index (χ0v) is 13.2. The summed E-state index contributed by atoms with van der Waals surface area (Å²) in [6.45, 7) is 1.47. The van der Waals surface area contributed by atoms with Gasteiger partial charge in [0.15, 0.2) is 0 Å². The van der Waals surface area contributed by atoms with E-state index in [0.717, 1.165) is 5.56 Å². The zero-order chi connectivity index (χ0) is 16.1. The molecule has 0 fully saturated rings. The minimum absolute atomic E-state index is 0.129. The molecule has 1 aromatic heterocycles. The van der Waals surface area contributed by atoms with Gasteiger partial charge < -0.3 is 10.1 Å². The summed E-state index contributed by atoms with van der Waals surface area (Å²) < 4.78 is 5.40. The Labute approximate surface area is 134 Å². The third-order valence-corrected chi connectivity index (χ3v) is 3.11. The first-order chi connectivity index (χ1) is 10.5. The lowest BCUT2D eigenvalue weighted by Gasteiger charge is -2.08. The first-order valence-electron chi connectivity index (χ1n) is 6.26. The number of nitro groups is 1. The molecule has 7 nitrogen and oxygen atoms in total. The molecule has 8 heteroatoms. The summed E-state index contributed by atoms with van der Waals surface area (Å²) >= 11 is 3.18. The second-order valence-corrected chi connectivity index (χ2v) is 5.18. The van der Waals surface area contributed by atoms with Crippen molar-refractivity contribution in [3.8, 4) is 0 Å². The normalized spacial score (nSPS) is 10.1. The molecule has 0 radical (unpaired) electrons. The van der Waals surface area contributed by atoms with Crippen LogP contribution in [0.3, 0.4) is 0 Å². The summed E-state index contributed by atoms with van der Waals surface area (Å²) in [6.07, 6.45) is 0. The van der Waals surface area contributed by atoms with E-state index in [1.54, 1.807) is 24.3 Å². The van der Waals surface area contributed by atoms with Crippen LogP contribution in [0.2, 0.25) is 0 Å². The van der Waals surface area contributed by atoms with E-state index in [2.05, 4.69) is 26.2 Å². The zero-order valence-electron chi connectivity index (χ0n) is 11.6. The first kappa shape index (κ1) is 15.9. The highest BCUT2D eigenvalue weighted by atomic mass is 79.9. The van der Waals surface area contributed by atoms with Gasteiger partial charge in [0.1, 0.15) is 11.2 Å². The van der Waals surface area contributed by atoms with Gasteiger partial charge in [-0.3, -0.25) is 14.9 Å². The molecule has 1 heterocycles. The van der Waals surface area contributed by atoms with Crippen LogP contribution < -0.4 is 5.32 Å². The second-order valence-electron chi connectivity index (χ2n) is 4.36. The molecule has 0 amide bonds. The number of nitrogens with one attached hydrogen (secondary N) is 1. The number of rotatable bonds is 5. The van der Waals surface area contributed by atoms with Gasteiger partial charge in [-0.05, 0) is 39.7 Å². The standard InChI is InChI=1S/C14H12BrN3O4/c1-9(19)22-8-10-3-2-4-11(7-10)16-14-12(18(20)21)5-6-13(15)17-14/h2-7H,8H2,1H3,(H,16,17). The Hall–Kier alpha value is -2.48. The molecule has 1 N–H and O–H groups in total. The molecular weight excluding hydrogens is 354 g/mol. The van der Waals surface area contributed by atoms with Gasteiger partial charge in [-0.15, -0.1) is 0 Å². The van der Waals surface area contributed by atoms with E-state index in [1.807, 2.05) is 0 Å². The highest BCUT2D eigenvalue weighted by Crippen LogP contribution is 2.27. The number of aromatic nitrogens is 1. The van der Waals surface area contributed by atoms with Gasteiger partial charge in [-0.25, -0.2) is 4.98 Å². The number of carbonyl (C=O) groups excluding carboxylic acids is 1. The molecular formula is C14H12BrN3O4. The van der Waals surface area contributed by atoms with Crippen LogP contribution in [0.25, 0.3) is 0 Å². The predicted molar refractivity (Wildman–Crippen MR) is 83.8 cm³/mol. The van der Waals surface area contributed by atoms with Crippen molar-refractivity contribution in [3.63, 3.8) is 0 Å². The molecule has 0 bridgehead atoms. The van der Waals surface area contributed by atoms with Crippen molar-refractivity contribution in [2.45, 2.75) is 13.5 Å².